The SMILES string of the molecule is C[C-]1C[CH-]CC1C.[Ce].[Ce].[Ce]. The molecule has 0 saturated heterocycles. The van der Waals surface area contributed by atoms with Crippen LogP contribution in [-0.2, 0) is 0 Å². The van der Waals surface area contributed by atoms with Crippen LogP contribution in [0.25, 0.3) is 0 Å². The van der Waals surface area contributed by atoms with E-state index in [4.69, 9.17) is 0 Å². The van der Waals surface area contributed by atoms with Crippen molar-refractivity contribution in [3.8, 4) is 0 Å². The normalized spacial score (nSPS) is 24.0. The molecule has 1 atom stereocenters. The molecule has 0 heterocycles. The molecule has 0 aromatic heterocycles. The number of hydrogen-bond donors (Lipinski definition) is 0. The molecule has 0 radical (unpaired) electrons. The molecule has 1 aliphatic rings. The minimum atomic E-state index is 0. The van der Waals surface area contributed by atoms with Gasteiger partial charge in [0.2, 0.25) is 0 Å². The van der Waals surface area contributed by atoms with Crippen LogP contribution in [0.3, 0.4) is 0 Å². The van der Waals surface area contributed by atoms with Crippen LogP contribution in [0.5, 0.6) is 0 Å². The smallest absolute Gasteiger partial charge is 0 e. The van der Waals surface area contributed by atoms with E-state index >= 15 is 0 Å². The van der Waals surface area contributed by atoms with Gasteiger partial charge in [0.05, 0.1) is 0 Å². The van der Waals surface area contributed by atoms with Crippen LogP contribution in [0, 0.1) is 143 Å². The van der Waals surface area contributed by atoms with Crippen molar-refractivity contribution in [3.05, 3.63) is 12.3 Å². The Bertz CT molecular complexity index is 57.9. The second-order valence-corrected chi connectivity index (χ2v) is 2.48. The summed E-state index contributed by atoms with van der Waals surface area (Å²) in [6.07, 6.45) is 4.94. The van der Waals surface area contributed by atoms with Gasteiger partial charge < -0.3 is 18.8 Å². The topological polar surface area (TPSA) is 0 Å². The van der Waals surface area contributed by atoms with Gasteiger partial charge in [-0.3, -0.25) is 0 Å². The van der Waals surface area contributed by atoms with Gasteiger partial charge in [-0.15, -0.1) is 0 Å². The summed E-state index contributed by atoms with van der Waals surface area (Å²) in [6, 6.07) is 0. The van der Waals surface area contributed by atoms with Gasteiger partial charge in [0.1, 0.15) is 0 Å². The molecule has 1 rings (SSSR count). The summed E-state index contributed by atoms with van der Waals surface area (Å²) in [6.45, 7) is 4.53. The molecule has 1 fully saturated rings. The first-order valence-corrected chi connectivity index (χ1v) is 2.94. The van der Waals surface area contributed by atoms with Crippen LogP contribution < -0.4 is 0 Å². The first-order valence-electron chi connectivity index (χ1n) is 2.94. The molecule has 0 nitrogen and oxygen atoms in total. The quantitative estimate of drug-likeness (QED) is 0.434. The molecule has 0 spiro atoms. The summed E-state index contributed by atoms with van der Waals surface area (Å²) >= 11 is 0. The molecular formula is C7H12Ce3-2. The van der Waals surface area contributed by atoms with Crippen LogP contribution in [0.15, 0.2) is 0 Å². The molecular weight excluding hydrogens is 504 g/mol. The third kappa shape index (κ3) is 7.53. The Morgan fingerprint density at radius 3 is 1.90 bits per heavy atom. The molecule has 0 aromatic rings. The Balaban J connectivity index is -0.000000163. The van der Waals surface area contributed by atoms with Crippen molar-refractivity contribution < 1.29 is 125 Å². The summed E-state index contributed by atoms with van der Waals surface area (Å²) in [4.78, 5) is 0. The van der Waals surface area contributed by atoms with E-state index in [1.54, 1.807) is 5.92 Å². The van der Waals surface area contributed by atoms with Gasteiger partial charge in [-0.2, -0.15) is 12.8 Å². The fourth-order valence-corrected chi connectivity index (χ4v) is 0.963. The molecule has 54 valence electrons. The predicted molar refractivity (Wildman–Crippen MR) is 31.6 cm³/mol. The molecule has 1 unspecified atom stereocenters. The zero-order chi connectivity index (χ0) is 5.28. The van der Waals surface area contributed by atoms with Gasteiger partial charge in [0.25, 0.3) is 0 Å². The Hall–Kier alpha value is 4.13. The maximum Gasteiger partial charge on any atom is 0 e. The van der Waals surface area contributed by atoms with E-state index in [1.165, 1.54) is 12.8 Å². The standard InChI is InChI=1S/C7H12.3Ce/c1-6-4-3-5-7(6)2;;;/h3,6H,4-5H2,1-2H3;;;/q-2;;;. The molecule has 0 aromatic carbocycles. The van der Waals surface area contributed by atoms with Crippen LogP contribution in [0.4, 0.5) is 0 Å². The van der Waals surface area contributed by atoms with Gasteiger partial charge >= 0.3 is 0 Å². The van der Waals surface area contributed by atoms with Crippen LogP contribution in [-0.4, -0.2) is 0 Å². The molecule has 0 aliphatic heterocycles. The second-order valence-electron chi connectivity index (χ2n) is 2.48. The Morgan fingerprint density at radius 2 is 1.80 bits per heavy atom. The zero-order valence-electron chi connectivity index (χ0n) is 6.57. The van der Waals surface area contributed by atoms with Gasteiger partial charge in [-0.25, -0.2) is 6.42 Å². The largest absolute Gasteiger partial charge is 0.359 e. The molecule has 3 heteroatoms. The van der Waals surface area contributed by atoms with E-state index < -0.39 is 0 Å². The molecule has 0 bridgehead atoms. The average Bonchev–Trinajstić information content (AvgIpc) is 1.91. The first-order chi connectivity index (χ1) is 3.30. The summed E-state index contributed by atoms with van der Waals surface area (Å²) in [5, 5.41) is 0. The van der Waals surface area contributed by atoms with E-state index in [0.29, 0.717) is 0 Å². The van der Waals surface area contributed by atoms with Crippen molar-refractivity contribution in [3.63, 3.8) is 0 Å². The van der Waals surface area contributed by atoms with Gasteiger partial charge in [0.15, 0.2) is 0 Å². The molecule has 0 N–H and O–H groups in total. The molecule has 0 amide bonds. The van der Waals surface area contributed by atoms with E-state index in [0.717, 1.165) is 5.92 Å². The number of rotatable bonds is 0. The van der Waals surface area contributed by atoms with Crippen molar-refractivity contribution in [2.24, 2.45) is 5.92 Å². The Kier molecular flexibility index (Phi) is 22.0. The summed E-state index contributed by atoms with van der Waals surface area (Å²) in [5.41, 5.74) is 0. The van der Waals surface area contributed by atoms with Crippen molar-refractivity contribution in [1.82, 2.24) is 0 Å². The van der Waals surface area contributed by atoms with Gasteiger partial charge in [-0.1, -0.05) is 6.92 Å². The average molecular weight is 517 g/mol. The third-order valence-electron chi connectivity index (χ3n) is 1.83. The molecule has 1 saturated carbocycles. The van der Waals surface area contributed by atoms with Crippen LogP contribution >= 0.6 is 0 Å². The minimum absolute atomic E-state index is 0. The van der Waals surface area contributed by atoms with Crippen molar-refractivity contribution in [2.75, 3.05) is 0 Å². The zero-order valence-corrected chi connectivity index (χ0v) is 16.0. The third-order valence-corrected chi connectivity index (χ3v) is 1.83. The monoisotopic (exact) mass is 516 g/mol. The molecule has 1 aliphatic carbocycles. The molecule has 10 heavy (non-hydrogen) atoms. The summed E-state index contributed by atoms with van der Waals surface area (Å²) in [5.74, 6) is 2.53. The fourth-order valence-electron chi connectivity index (χ4n) is 0.963. The van der Waals surface area contributed by atoms with Crippen molar-refractivity contribution >= 4 is 0 Å². The van der Waals surface area contributed by atoms with E-state index in [9.17, 15) is 0 Å². The Morgan fingerprint density at radius 1 is 1.30 bits per heavy atom. The van der Waals surface area contributed by atoms with Gasteiger partial charge in [0, 0.05) is 125 Å². The number of hydrogen-bond acceptors (Lipinski definition) is 0. The van der Waals surface area contributed by atoms with Crippen molar-refractivity contribution in [1.29, 1.82) is 0 Å². The summed E-state index contributed by atoms with van der Waals surface area (Å²) in [7, 11) is 0. The minimum Gasteiger partial charge on any atom is -0.359 e. The summed E-state index contributed by atoms with van der Waals surface area (Å²) < 4.78 is 0. The maximum absolute atomic E-state index is 2.36. The first kappa shape index (κ1) is 19.7. The van der Waals surface area contributed by atoms with E-state index in [-0.39, 0.29) is 125 Å². The van der Waals surface area contributed by atoms with Gasteiger partial charge in [-0.05, 0) is 0 Å². The predicted octanol–water partition coefficient (Wildman–Crippen LogP) is 2.21. The fraction of sp³-hybridized carbons (Fsp3) is 0.714. The maximum atomic E-state index is 2.36. The van der Waals surface area contributed by atoms with E-state index in [1.807, 2.05) is 0 Å². The van der Waals surface area contributed by atoms with Crippen molar-refractivity contribution in [2.45, 2.75) is 26.7 Å². The second kappa shape index (κ2) is 11.2. The van der Waals surface area contributed by atoms with Crippen LogP contribution in [0.1, 0.15) is 26.7 Å². The van der Waals surface area contributed by atoms with Crippen LogP contribution in [0.2, 0.25) is 0 Å². The van der Waals surface area contributed by atoms with E-state index in [2.05, 4.69) is 20.3 Å². The Labute approximate surface area is 166 Å².